The summed E-state index contributed by atoms with van der Waals surface area (Å²) in [5, 5.41) is 5.91. The molecule has 2 N–H and O–H groups in total. The Morgan fingerprint density at radius 1 is 1.53 bits per heavy atom. The second-order valence-electron chi connectivity index (χ2n) is 3.80. The number of urea groups is 1. The summed E-state index contributed by atoms with van der Waals surface area (Å²) < 4.78 is -0.270. The largest absolute Gasteiger partial charge is 0.445 e. The molecule has 1 aromatic heterocycles. The lowest BCUT2D eigenvalue weighted by Crippen LogP contribution is -2.45. The first-order chi connectivity index (χ1) is 8.03. The summed E-state index contributed by atoms with van der Waals surface area (Å²) in [6.07, 6.45) is 4.86. The minimum absolute atomic E-state index is 0.0207. The first kappa shape index (κ1) is 11.7. The second kappa shape index (κ2) is 4.23. The molecular formula is C11H12N3O2S+. The molecule has 1 unspecified atom stereocenters. The van der Waals surface area contributed by atoms with Gasteiger partial charge < -0.3 is 5.73 Å². The van der Waals surface area contributed by atoms with Gasteiger partial charge >= 0.3 is 6.03 Å². The predicted molar refractivity (Wildman–Crippen MR) is 65.5 cm³/mol. The number of carbonyl (C=O) groups excluding carboxylic acids is 2. The van der Waals surface area contributed by atoms with Crippen molar-refractivity contribution < 1.29 is 14.2 Å². The average Bonchev–Trinajstić information content (AvgIpc) is 2.88. The first-order valence-corrected chi connectivity index (χ1v) is 5.91. The fraction of sp³-hybridized carbons (Fsp3) is 0.182. The second-order valence-corrected chi connectivity index (χ2v) is 4.72. The van der Waals surface area contributed by atoms with Crippen molar-refractivity contribution >= 4 is 29.4 Å². The van der Waals surface area contributed by atoms with Crippen LogP contribution < -0.4 is 5.73 Å². The van der Waals surface area contributed by atoms with Gasteiger partial charge in [-0.05, 0) is 13.0 Å². The van der Waals surface area contributed by atoms with Crippen LogP contribution in [0.25, 0.3) is 0 Å². The van der Waals surface area contributed by atoms with E-state index in [1.807, 2.05) is 5.38 Å². The van der Waals surface area contributed by atoms with Gasteiger partial charge in [-0.15, -0.1) is 11.3 Å². The van der Waals surface area contributed by atoms with E-state index in [-0.39, 0.29) is 10.4 Å². The van der Waals surface area contributed by atoms with Crippen molar-refractivity contribution in [1.82, 2.24) is 0 Å². The zero-order valence-electron chi connectivity index (χ0n) is 9.29. The molecule has 1 atom stereocenters. The van der Waals surface area contributed by atoms with Gasteiger partial charge in [-0.25, -0.2) is 4.79 Å². The molecule has 2 amide bonds. The number of nitrogens with zero attached hydrogens (tertiary/aromatic N) is 2. The Bertz CT molecular complexity index is 519. The lowest BCUT2D eigenvalue weighted by Gasteiger charge is -2.19. The summed E-state index contributed by atoms with van der Waals surface area (Å²) in [6.45, 7) is 1.86. The van der Waals surface area contributed by atoms with E-state index in [2.05, 4.69) is 5.10 Å². The van der Waals surface area contributed by atoms with Crippen LogP contribution in [0, 0.1) is 0 Å². The number of primary amides is 1. The number of nitrogens with two attached hydrogens (primary N) is 1. The predicted octanol–water partition coefficient (Wildman–Crippen LogP) is 1.86. The van der Waals surface area contributed by atoms with Crippen LogP contribution in [0.2, 0.25) is 0 Å². The lowest BCUT2D eigenvalue weighted by molar-refractivity contribution is -0.815. The molecule has 2 rings (SSSR count). The van der Waals surface area contributed by atoms with Crippen molar-refractivity contribution in [2.24, 2.45) is 10.8 Å². The van der Waals surface area contributed by atoms with Crippen molar-refractivity contribution in [3.8, 4) is 0 Å². The lowest BCUT2D eigenvalue weighted by atomic mass is 10.2. The maximum atomic E-state index is 11.4. The molecule has 2 heterocycles. The van der Waals surface area contributed by atoms with E-state index in [0.29, 0.717) is 11.4 Å². The Kier molecular flexibility index (Phi) is 2.91. The van der Waals surface area contributed by atoms with E-state index in [1.54, 1.807) is 24.6 Å². The maximum Gasteiger partial charge on any atom is 0.445 e. The molecule has 1 aliphatic heterocycles. The first-order valence-electron chi connectivity index (χ1n) is 5.03. The third-order valence-corrected chi connectivity index (χ3v) is 3.58. The minimum atomic E-state index is -0.537. The van der Waals surface area contributed by atoms with Gasteiger partial charge in [-0.2, -0.15) is 0 Å². The van der Waals surface area contributed by atoms with E-state index in [0.717, 1.165) is 5.56 Å². The molecule has 6 heteroatoms. The Balaban J connectivity index is 2.24. The molecule has 0 fully saturated rings. The quantitative estimate of drug-likeness (QED) is 0.657. The number of hydrogen-bond donors (Lipinski definition) is 1. The van der Waals surface area contributed by atoms with Crippen LogP contribution >= 0.6 is 11.3 Å². The van der Waals surface area contributed by atoms with Gasteiger partial charge in [0.15, 0.2) is 5.78 Å². The fourth-order valence-electron chi connectivity index (χ4n) is 1.60. The van der Waals surface area contributed by atoms with Gasteiger partial charge in [0.25, 0.3) is 0 Å². The molecule has 0 aromatic carbocycles. The van der Waals surface area contributed by atoms with Crippen molar-refractivity contribution in [1.29, 1.82) is 0 Å². The van der Waals surface area contributed by atoms with Crippen molar-refractivity contribution in [3.05, 3.63) is 34.2 Å². The summed E-state index contributed by atoms with van der Waals surface area (Å²) in [5.74, 6) is 0.0207. The molecular weight excluding hydrogens is 238 g/mol. The molecule has 0 spiro atoms. The van der Waals surface area contributed by atoms with Crippen molar-refractivity contribution in [2.45, 2.75) is 13.5 Å². The van der Waals surface area contributed by atoms with Crippen LogP contribution in [-0.4, -0.2) is 22.6 Å². The summed E-state index contributed by atoms with van der Waals surface area (Å²) >= 11 is 1.36. The summed E-state index contributed by atoms with van der Waals surface area (Å²) in [5.41, 5.74) is 6.23. The highest BCUT2D eigenvalue weighted by atomic mass is 32.1. The highest BCUT2D eigenvalue weighted by Gasteiger charge is 2.35. The molecule has 0 radical (unpaired) electrons. The fourth-order valence-corrected chi connectivity index (χ4v) is 2.41. The standard InChI is InChI=1S/C11H11N3O2S/c1-8(15)10-5-9(7-17-10)6-14(11(12)16)4-2-3-13-14/h2-5,7H,6H2,1H3,(H-,12,16)/p+1. The number of hydrogen-bond acceptors (Lipinski definition) is 4. The number of thiophene rings is 1. The summed E-state index contributed by atoms with van der Waals surface area (Å²) in [4.78, 5) is 23.3. The Morgan fingerprint density at radius 3 is 2.76 bits per heavy atom. The average molecular weight is 250 g/mol. The Morgan fingerprint density at radius 2 is 2.29 bits per heavy atom. The van der Waals surface area contributed by atoms with Crippen LogP contribution in [0.4, 0.5) is 4.79 Å². The molecule has 0 saturated heterocycles. The van der Waals surface area contributed by atoms with Gasteiger partial charge in [0, 0.05) is 17.0 Å². The van der Waals surface area contributed by atoms with Gasteiger partial charge in [-0.1, -0.05) is 9.69 Å². The molecule has 1 aromatic rings. The molecule has 0 aliphatic carbocycles. The van der Waals surface area contributed by atoms with E-state index < -0.39 is 6.03 Å². The molecule has 0 bridgehead atoms. The van der Waals surface area contributed by atoms with Gasteiger partial charge in [0.05, 0.1) is 11.1 Å². The Hall–Kier alpha value is -1.79. The normalized spacial score (nSPS) is 21.9. The van der Waals surface area contributed by atoms with Gasteiger partial charge in [0.2, 0.25) is 0 Å². The number of ketones is 1. The summed E-state index contributed by atoms with van der Waals surface area (Å²) in [6, 6.07) is 1.24. The summed E-state index contributed by atoms with van der Waals surface area (Å²) in [7, 11) is 0. The molecule has 1 aliphatic rings. The third kappa shape index (κ3) is 2.17. The number of quaternary nitrogens is 1. The SMILES string of the molecule is CC(=O)c1cc(C[N+]2(C(N)=O)C=CC=N2)cs1. The smallest absolute Gasteiger partial charge is 0.316 e. The van der Waals surface area contributed by atoms with Crippen LogP contribution in [0.15, 0.2) is 28.8 Å². The minimum Gasteiger partial charge on any atom is -0.316 e. The molecule has 88 valence electrons. The number of allylic oxidation sites excluding steroid dienone is 1. The number of Topliss-reactive ketones (excluding diaryl/α,β-unsaturated/α-hetero) is 1. The van der Waals surface area contributed by atoms with Crippen LogP contribution in [0.5, 0.6) is 0 Å². The van der Waals surface area contributed by atoms with Gasteiger partial charge in [-0.3, -0.25) is 4.79 Å². The van der Waals surface area contributed by atoms with Crippen LogP contribution in [0.3, 0.4) is 0 Å². The maximum absolute atomic E-state index is 11.4. The van der Waals surface area contributed by atoms with E-state index in [1.165, 1.54) is 18.3 Å². The molecule has 17 heavy (non-hydrogen) atoms. The highest BCUT2D eigenvalue weighted by molar-refractivity contribution is 7.12. The Labute approximate surface area is 102 Å². The van der Waals surface area contributed by atoms with Crippen LogP contribution in [-0.2, 0) is 6.54 Å². The number of rotatable bonds is 3. The topological polar surface area (TPSA) is 72.5 Å². The van der Waals surface area contributed by atoms with Crippen molar-refractivity contribution in [3.63, 3.8) is 0 Å². The van der Waals surface area contributed by atoms with E-state index in [9.17, 15) is 9.59 Å². The molecule has 5 nitrogen and oxygen atoms in total. The number of amides is 2. The monoisotopic (exact) mass is 250 g/mol. The zero-order valence-corrected chi connectivity index (χ0v) is 10.1. The number of carbonyl (C=O) groups is 2. The highest BCUT2D eigenvalue weighted by Crippen LogP contribution is 2.23. The molecule has 0 saturated carbocycles. The van der Waals surface area contributed by atoms with Crippen LogP contribution in [0.1, 0.15) is 22.2 Å². The van der Waals surface area contributed by atoms with Gasteiger partial charge in [0.1, 0.15) is 12.7 Å². The van der Waals surface area contributed by atoms with E-state index in [4.69, 9.17) is 5.73 Å². The van der Waals surface area contributed by atoms with E-state index >= 15 is 0 Å². The third-order valence-electron chi connectivity index (χ3n) is 2.50. The van der Waals surface area contributed by atoms with Crippen molar-refractivity contribution in [2.75, 3.05) is 0 Å². The zero-order chi connectivity index (χ0) is 12.5.